The Kier molecular flexibility index (Phi) is 4.06. The third-order valence-corrected chi connectivity index (χ3v) is 3.72. The van der Waals surface area contributed by atoms with Crippen LogP contribution in [0.1, 0.15) is 51.0 Å². The number of hydrogen-bond donors (Lipinski definition) is 2. The fourth-order valence-corrected chi connectivity index (χ4v) is 2.46. The van der Waals surface area contributed by atoms with Crippen LogP contribution in [0.25, 0.3) is 0 Å². The van der Waals surface area contributed by atoms with E-state index >= 15 is 0 Å². The van der Waals surface area contributed by atoms with E-state index in [0.717, 1.165) is 12.8 Å². The van der Waals surface area contributed by atoms with Crippen LogP contribution in [0.4, 0.5) is 5.69 Å². The standard InChI is InChI=1S/C15H24N2/c1-11(2)12-3-7-14(8-4-12)17-15-9-5-13(16)6-10-15/h3-4,7-8,11,13,15,17H,5-6,9-10,16H2,1-2H3. The quantitative estimate of drug-likeness (QED) is 0.837. The van der Waals surface area contributed by atoms with Gasteiger partial charge in [-0.15, -0.1) is 0 Å². The Bertz CT molecular complexity index is 334. The number of rotatable bonds is 3. The Morgan fingerprint density at radius 1 is 1.06 bits per heavy atom. The Balaban J connectivity index is 1.90. The van der Waals surface area contributed by atoms with Gasteiger partial charge in [-0.1, -0.05) is 26.0 Å². The molecule has 0 atom stereocenters. The van der Waals surface area contributed by atoms with Crippen LogP contribution in [0, 0.1) is 0 Å². The molecule has 0 aliphatic heterocycles. The molecule has 0 amide bonds. The summed E-state index contributed by atoms with van der Waals surface area (Å²) in [5.41, 5.74) is 8.56. The molecule has 17 heavy (non-hydrogen) atoms. The lowest BCUT2D eigenvalue weighted by Gasteiger charge is -2.27. The molecule has 0 saturated heterocycles. The maximum absolute atomic E-state index is 5.92. The molecular weight excluding hydrogens is 208 g/mol. The minimum atomic E-state index is 0.427. The zero-order chi connectivity index (χ0) is 12.3. The second-order valence-electron chi connectivity index (χ2n) is 5.53. The highest BCUT2D eigenvalue weighted by Gasteiger charge is 2.17. The lowest BCUT2D eigenvalue weighted by Crippen LogP contribution is -2.32. The molecule has 3 N–H and O–H groups in total. The molecule has 0 bridgehead atoms. The van der Waals surface area contributed by atoms with Crippen molar-refractivity contribution in [2.24, 2.45) is 5.73 Å². The summed E-state index contributed by atoms with van der Waals surface area (Å²) in [6.07, 6.45) is 4.71. The fourth-order valence-electron chi connectivity index (χ4n) is 2.46. The lowest BCUT2D eigenvalue weighted by atomic mass is 9.91. The Labute approximate surface area is 105 Å². The highest BCUT2D eigenvalue weighted by atomic mass is 14.9. The van der Waals surface area contributed by atoms with Crippen LogP contribution >= 0.6 is 0 Å². The number of benzene rings is 1. The van der Waals surface area contributed by atoms with E-state index in [0.29, 0.717) is 18.0 Å². The summed E-state index contributed by atoms with van der Waals surface area (Å²) in [6, 6.07) is 9.88. The molecule has 1 aromatic carbocycles. The van der Waals surface area contributed by atoms with E-state index in [2.05, 4.69) is 43.4 Å². The van der Waals surface area contributed by atoms with Crippen molar-refractivity contribution >= 4 is 5.69 Å². The van der Waals surface area contributed by atoms with Crippen LogP contribution in [0.5, 0.6) is 0 Å². The maximum Gasteiger partial charge on any atom is 0.0342 e. The highest BCUT2D eigenvalue weighted by molar-refractivity contribution is 5.46. The summed E-state index contributed by atoms with van der Waals surface area (Å²) >= 11 is 0. The second kappa shape index (κ2) is 5.54. The molecule has 94 valence electrons. The predicted octanol–water partition coefficient (Wildman–Crippen LogP) is 3.49. The van der Waals surface area contributed by atoms with Crippen LogP contribution in [-0.4, -0.2) is 12.1 Å². The first-order chi connectivity index (χ1) is 8.15. The van der Waals surface area contributed by atoms with Crippen LogP contribution in [-0.2, 0) is 0 Å². The normalized spacial score (nSPS) is 24.9. The number of hydrogen-bond acceptors (Lipinski definition) is 2. The molecule has 1 fully saturated rings. The van der Waals surface area contributed by atoms with Crippen molar-refractivity contribution in [2.45, 2.75) is 57.5 Å². The zero-order valence-corrected chi connectivity index (χ0v) is 10.9. The van der Waals surface area contributed by atoms with E-state index in [1.54, 1.807) is 0 Å². The van der Waals surface area contributed by atoms with Crippen molar-refractivity contribution in [1.29, 1.82) is 0 Å². The summed E-state index contributed by atoms with van der Waals surface area (Å²) < 4.78 is 0. The molecular formula is C15H24N2. The van der Waals surface area contributed by atoms with Gasteiger partial charge in [0.2, 0.25) is 0 Å². The molecule has 1 aliphatic carbocycles. The Morgan fingerprint density at radius 2 is 1.65 bits per heavy atom. The van der Waals surface area contributed by atoms with Gasteiger partial charge >= 0.3 is 0 Å². The van der Waals surface area contributed by atoms with Crippen molar-refractivity contribution < 1.29 is 0 Å². The topological polar surface area (TPSA) is 38.0 Å². The fraction of sp³-hybridized carbons (Fsp3) is 0.600. The van der Waals surface area contributed by atoms with Crippen molar-refractivity contribution in [3.8, 4) is 0 Å². The number of anilines is 1. The molecule has 2 heteroatoms. The largest absolute Gasteiger partial charge is 0.382 e. The third kappa shape index (κ3) is 3.47. The van der Waals surface area contributed by atoms with Gasteiger partial charge in [0, 0.05) is 17.8 Å². The van der Waals surface area contributed by atoms with Crippen molar-refractivity contribution in [3.63, 3.8) is 0 Å². The predicted molar refractivity (Wildman–Crippen MR) is 74.4 cm³/mol. The van der Waals surface area contributed by atoms with Gasteiger partial charge in [0.1, 0.15) is 0 Å². The third-order valence-electron chi connectivity index (χ3n) is 3.72. The molecule has 1 aliphatic rings. The molecule has 0 radical (unpaired) electrons. The summed E-state index contributed by atoms with van der Waals surface area (Å²) in [5, 5.41) is 3.61. The van der Waals surface area contributed by atoms with Gasteiger partial charge in [0.15, 0.2) is 0 Å². The summed E-state index contributed by atoms with van der Waals surface area (Å²) in [7, 11) is 0. The van der Waals surface area contributed by atoms with Crippen molar-refractivity contribution in [2.75, 3.05) is 5.32 Å². The molecule has 2 nitrogen and oxygen atoms in total. The molecule has 1 saturated carbocycles. The van der Waals surface area contributed by atoms with E-state index in [-0.39, 0.29) is 0 Å². The molecule has 0 heterocycles. The van der Waals surface area contributed by atoms with Crippen LogP contribution in [0.2, 0.25) is 0 Å². The molecule has 0 aromatic heterocycles. The average molecular weight is 232 g/mol. The molecule has 0 spiro atoms. The lowest BCUT2D eigenvalue weighted by molar-refractivity contribution is 0.411. The first-order valence-corrected chi connectivity index (χ1v) is 6.77. The van der Waals surface area contributed by atoms with Gasteiger partial charge in [-0.25, -0.2) is 0 Å². The summed E-state index contributed by atoms with van der Waals surface area (Å²) in [6.45, 7) is 4.45. The number of nitrogens with two attached hydrogens (primary N) is 1. The van der Waals surface area contributed by atoms with Gasteiger partial charge in [-0.3, -0.25) is 0 Å². The Morgan fingerprint density at radius 3 is 2.18 bits per heavy atom. The van der Waals surface area contributed by atoms with Gasteiger partial charge in [-0.05, 0) is 49.3 Å². The monoisotopic (exact) mass is 232 g/mol. The maximum atomic E-state index is 5.92. The SMILES string of the molecule is CC(C)c1ccc(NC2CCC(N)CC2)cc1. The minimum absolute atomic E-state index is 0.427. The zero-order valence-electron chi connectivity index (χ0n) is 10.9. The van der Waals surface area contributed by atoms with E-state index in [4.69, 9.17) is 5.73 Å². The van der Waals surface area contributed by atoms with Crippen molar-refractivity contribution in [1.82, 2.24) is 0 Å². The molecule has 2 rings (SSSR count). The first kappa shape index (κ1) is 12.4. The van der Waals surface area contributed by atoms with E-state index in [9.17, 15) is 0 Å². The van der Waals surface area contributed by atoms with Gasteiger partial charge < -0.3 is 11.1 Å². The Hall–Kier alpha value is -1.02. The highest BCUT2D eigenvalue weighted by Crippen LogP contribution is 2.22. The smallest absolute Gasteiger partial charge is 0.0342 e. The van der Waals surface area contributed by atoms with Gasteiger partial charge in [0.25, 0.3) is 0 Å². The van der Waals surface area contributed by atoms with Gasteiger partial charge in [-0.2, -0.15) is 0 Å². The van der Waals surface area contributed by atoms with Crippen LogP contribution in [0.15, 0.2) is 24.3 Å². The summed E-state index contributed by atoms with van der Waals surface area (Å²) in [4.78, 5) is 0. The van der Waals surface area contributed by atoms with Crippen molar-refractivity contribution in [3.05, 3.63) is 29.8 Å². The van der Waals surface area contributed by atoms with Crippen LogP contribution in [0.3, 0.4) is 0 Å². The number of nitrogens with one attached hydrogen (secondary N) is 1. The van der Waals surface area contributed by atoms with E-state index in [1.165, 1.54) is 24.1 Å². The first-order valence-electron chi connectivity index (χ1n) is 6.77. The molecule has 0 unspecified atom stereocenters. The van der Waals surface area contributed by atoms with E-state index < -0.39 is 0 Å². The van der Waals surface area contributed by atoms with E-state index in [1.807, 2.05) is 0 Å². The summed E-state index contributed by atoms with van der Waals surface area (Å²) in [5.74, 6) is 0.608. The second-order valence-corrected chi connectivity index (χ2v) is 5.53. The van der Waals surface area contributed by atoms with Gasteiger partial charge in [0.05, 0.1) is 0 Å². The van der Waals surface area contributed by atoms with Crippen LogP contribution < -0.4 is 11.1 Å². The molecule has 1 aromatic rings. The average Bonchev–Trinajstić information content (AvgIpc) is 2.33. The minimum Gasteiger partial charge on any atom is -0.382 e.